The molecule has 0 spiro atoms. The average molecular weight is 509 g/mol. The molecule has 0 bridgehead atoms. The van der Waals surface area contributed by atoms with E-state index in [-0.39, 0.29) is 54.0 Å². The number of hydrogen-bond acceptors (Lipinski definition) is 7. The minimum Gasteiger partial charge on any atom is -1.00 e. The molecule has 3 rings (SSSR count). The molecule has 2 aliphatic heterocycles. The summed E-state index contributed by atoms with van der Waals surface area (Å²) in [5.74, 6) is 0. The molecular weight excluding hydrogens is 480 g/mol. The maximum Gasteiger partial charge on any atom is 3.00 e. The van der Waals surface area contributed by atoms with E-state index in [0.717, 1.165) is 43.1 Å². The topological polar surface area (TPSA) is 68.1 Å². The summed E-state index contributed by atoms with van der Waals surface area (Å²) in [4.78, 5) is 4.58. The van der Waals surface area contributed by atoms with Gasteiger partial charge in [0.25, 0.3) is 0 Å². The standard InChI is InChI=1S/C18H29N7.3ClH.Co/c1-16-12-17(14-19-22-24-8-4-2-5-9-24)21-18(13-16)15-20-23-25-10-6-3-7-11-25;;;;/h12-15,22-23H,2-11H2,1H3;3*1H;/q;;;;+3/p-3. The average Bonchev–Trinajstić information content (AvgIpc) is 2.63. The summed E-state index contributed by atoms with van der Waals surface area (Å²) in [6.45, 7) is 6.28. The third-order valence-corrected chi connectivity index (χ3v) is 4.51. The van der Waals surface area contributed by atoms with Crippen molar-refractivity contribution >= 4 is 12.4 Å². The van der Waals surface area contributed by atoms with Crippen LogP contribution in [-0.2, 0) is 16.8 Å². The van der Waals surface area contributed by atoms with E-state index >= 15 is 0 Å². The number of nitrogens with zero attached hydrogens (tertiary/aromatic N) is 5. The quantitative estimate of drug-likeness (QED) is 0.295. The van der Waals surface area contributed by atoms with Crippen molar-refractivity contribution in [3.8, 4) is 0 Å². The molecule has 0 radical (unpaired) electrons. The third-order valence-electron chi connectivity index (χ3n) is 4.51. The van der Waals surface area contributed by atoms with Gasteiger partial charge < -0.3 is 37.2 Å². The summed E-state index contributed by atoms with van der Waals surface area (Å²) in [5, 5.41) is 12.9. The second-order valence-electron chi connectivity index (χ2n) is 6.81. The van der Waals surface area contributed by atoms with Crippen LogP contribution in [0.15, 0.2) is 22.3 Å². The van der Waals surface area contributed by atoms with Gasteiger partial charge in [-0.3, -0.25) is 0 Å². The van der Waals surface area contributed by atoms with Gasteiger partial charge in [-0.05, 0) is 50.3 Å². The maximum atomic E-state index is 4.58. The predicted molar refractivity (Wildman–Crippen MR) is 101 cm³/mol. The van der Waals surface area contributed by atoms with Crippen LogP contribution in [0.25, 0.3) is 0 Å². The molecule has 7 nitrogen and oxygen atoms in total. The number of hydrazone groups is 2. The molecule has 2 N–H and O–H groups in total. The largest absolute Gasteiger partial charge is 3.00 e. The van der Waals surface area contributed by atoms with Crippen molar-refractivity contribution in [3.63, 3.8) is 0 Å². The zero-order valence-corrected chi connectivity index (χ0v) is 19.9. The van der Waals surface area contributed by atoms with Gasteiger partial charge >= 0.3 is 16.8 Å². The number of aryl methyl sites for hydroxylation is 1. The van der Waals surface area contributed by atoms with Crippen LogP contribution in [0.2, 0.25) is 0 Å². The fourth-order valence-electron chi connectivity index (χ4n) is 3.20. The molecule has 0 atom stereocenters. The molecule has 0 aromatic carbocycles. The fraction of sp³-hybridized carbons (Fsp3) is 0.611. The minimum absolute atomic E-state index is 0. The number of nitrogens with one attached hydrogen (secondary N) is 2. The molecule has 2 aliphatic rings. The molecule has 11 heteroatoms. The predicted octanol–water partition coefficient (Wildman–Crippen LogP) is -6.95. The fourth-order valence-corrected chi connectivity index (χ4v) is 3.20. The van der Waals surface area contributed by atoms with Crippen LogP contribution < -0.4 is 48.3 Å². The number of hydrogen-bond donors (Lipinski definition) is 2. The van der Waals surface area contributed by atoms with Gasteiger partial charge in [0.15, 0.2) is 0 Å². The Morgan fingerprint density at radius 2 is 1.14 bits per heavy atom. The molecule has 2 fully saturated rings. The van der Waals surface area contributed by atoms with Crippen molar-refractivity contribution in [1.82, 2.24) is 26.1 Å². The van der Waals surface area contributed by atoms with E-state index in [0.29, 0.717) is 0 Å². The normalized spacial score (nSPS) is 17.6. The van der Waals surface area contributed by atoms with Gasteiger partial charge in [0.05, 0.1) is 23.8 Å². The summed E-state index contributed by atoms with van der Waals surface area (Å²) < 4.78 is 0. The van der Waals surface area contributed by atoms with E-state index in [1.165, 1.54) is 38.5 Å². The van der Waals surface area contributed by atoms with Gasteiger partial charge in [-0.25, -0.2) is 26.1 Å². The van der Waals surface area contributed by atoms with Crippen LogP contribution in [0.4, 0.5) is 0 Å². The van der Waals surface area contributed by atoms with Crippen LogP contribution in [0, 0.1) is 6.92 Å². The molecule has 1 aromatic rings. The Bertz CT molecular complexity index is 559. The zero-order chi connectivity index (χ0) is 17.3. The van der Waals surface area contributed by atoms with Gasteiger partial charge in [0.1, 0.15) is 0 Å². The Labute approximate surface area is 202 Å². The Balaban J connectivity index is 0. The van der Waals surface area contributed by atoms with E-state index in [1.807, 2.05) is 12.1 Å². The number of pyridine rings is 1. The molecule has 1 aromatic heterocycles. The van der Waals surface area contributed by atoms with Crippen molar-refractivity contribution in [2.24, 2.45) is 10.2 Å². The minimum atomic E-state index is 0. The van der Waals surface area contributed by atoms with Gasteiger partial charge in [-0.15, -0.1) is 0 Å². The molecule has 2 saturated heterocycles. The monoisotopic (exact) mass is 507 g/mol. The van der Waals surface area contributed by atoms with Gasteiger partial charge in [-0.1, -0.05) is 12.8 Å². The molecule has 0 amide bonds. The number of rotatable bonds is 6. The van der Waals surface area contributed by atoms with E-state index < -0.39 is 0 Å². The Morgan fingerprint density at radius 3 is 1.52 bits per heavy atom. The van der Waals surface area contributed by atoms with Crippen molar-refractivity contribution in [3.05, 3.63) is 29.1 Å². The van der Waals surface area contributed by atoms with Crippen LogP contribution in [0.5, 0.6) is 0 Å². The molecule has 166 valence electrons. The Morgan fingerprint density at radius 1 is 0.759 bits per heavy atom. The van der Waals surface area contributed by atoms with E-state index in [1.54, 1.807) is 12.4 Å². The van der Waals surface area contributed by atoms with E-state index in [2.05, 4.69) is 43.2 Å². The van der Waals surface area contributed by atoms with Gasteiger partial charge in [-0.2, -0.15) is 10.2 Å². The first kappa shape index (κ1) is 30.6. The van der Waals surface area contributed by atoms with Crippen molar-refractivity contribution < 1.29 is 54.0 Å². The summed E-state index contributed by atoms with van der Waals surface area (Å²) in [6, 6.07) is 4.05. The van der Waals surface area contributed by atoms with Crippen molar-refractivity contribution in [2.75, 3.05) is 26.2 Å². The molecule has 3 heterocycles. The summed E-state index contributed by atoms with van der Waals surface area (Å²) in [7, 11) is 0. The van der Waals surface area contributed by atoms with Gasteiger partial charge in [0, 0.05) is 26.2 Å². The van der Waals surface area contributed by atoms with E-state index in [9.17, 15) is 0 Å². The second kappa shape index (κ2) is 17.1. The van der Waals surface area contributed by atoms with Crippen LogP contribution in [0.3, 0.4) is 0 Å². The van der Waals surface area contributed by atoms with Crippen LogP contribution >= 0.6 is 0 Å². The van der Waals surface area contributed by atoms with Crippen molar-refractivity contribution in [1.29, 1.82) is 0 Å². The Kier molecular flexibility index (Phi) is 18.0. The van der Waals surface area contributed by atoms with Crippen LogP contribution in [-0.4, -0.2) is 53.6 Å². The first-order valence-corrected chi connectivity index (χ1v) is 9.36. The molecule has 0 aliphatic carbocycles. The Hall–Kier alpha value is -0.614. The number of piperidine rings is 2. The zero-order valence-electron chi connectivity index (χ0n) is 16.6. The first-order chi connectivity index (χ1) is 12.3. The number of hydrazine groups is 2. The van der Waals surface area contributed by atoms with Gasteiger partial charge in [0.2, 0.25) is 0 Å². The molecule has 29 heavy (non-hydrogen) atoms. The number of halogens is 3. The first-order valence-electron chi connectivity index (χ1n) is 9.36. The molecule has 0 saturated carbocycles. The molecule has 0 unspecified atom stereocenters. The summed E-state index contributed by atoms with van der Waals surface area (Å²) in [6.07, 6.45) is 11.1. The molecular formula is C18H29Cl3CoN7. The SMILES string of the molecule is Cc1cc(C=NNN2CCCCC2)nc(C=NNN2CCCCC2)c1.[Cl-].[Cl-].[Cl-].[Co+3]. The smallest absolute Gasteiger partial charge is 1.00 e. The number of aromatic nitrogens is 1. The van der Waals surface area contributed by atoms with Crippen molar-refractivity contribution in [2.45, 2.75) is 45.4 Å². The third kappa shape index (κ3) is 11.4. The van der Waals surface area contributed by atoms with Crippen LogP contribution in [0.1, 0.15) is 55.5 Å². The van der Waals surface area contributed by atoms with E-state index in [4.69, 9.17) is 0 Å². The summed E-state index contributed by atoms with van der Waals surface area (Å²) in [5.41, 5.74) is 9.03. The summed E-state index contributed by atoms with van der Waals surface area (Å²) >= 11 is 0. The maximum absolute atomic E-state index is 4.58. The second-order valence-corrected chi connectivity index (χ2v) is 6.81.